The number of hydrogen-bond acceptors (Lipinski definition) is 3. The van der Waals surface area contributed by atoms with Crippen molar-refractivity contribution in [3.63, 3.8) is 0 Å². The van der Waals surface area contributed by atoms with E-state index in [1.807, 2.05) is 37.3 Å². The maximum atomic E-state index is 12.4. The average Bonchev–Trinajstić information content (AvgIpc) is 3.05. The van der Waals surface area contributed by atoms with E-state index in [4.69, 9.17) is 0 Å². The third-order valence-electron chi connectivity index (χ3n) is 5.56. The molecular formula is C26H24N2O3. The average molecular weight is 412 g/mol. The van der Waals surface area contributed by atoms with Gasteiger partial charge in [0.05, 0.1) is 17.2 Å². The standard InChI is InChI=1S/C26H24N2O3/c1-18(19-13-15-21(16-14-19)20-8-3-2-4-9-20)27-24(29)12-7-17-28-25(30)22-10-5-6-11-23(22)26(28)31/h2-6,8-11,13-16,18H,7,12,17H2,1H3,(H,27,29). The van der Waals surface area contributed by atoms with Gasteiger partial charge in [-0.1, -0.05) is 66.7 Å². The second-order valence-corrected chi connectivity index (χ2v) is 7.69. The first-order valence-electron chi connectivity index (χ1n) is 10.4. The molecule has 156 valence electrons. The summed E-state index contributed by atoms with van der Waals surface area (Å²) in [5.74, 6) is -0.669. The first kappa shape index (κ1) is 20.5. The van der Waals surface area contributed by atoms with Gasteiger partial charge in [0.1, 0.15) is 0 Å². The molecule has 0 radical (unpaired) electrons. The summed E-state index contributed by atoms with van der Waals surface area (Å²) in [5, 5.41) is 2.99. The number of nitrogens with zero attached hydrogens (tertiary/aromatic N) is 1. The Hall–Kier alpha value is -3.73. The Morgan fingerprint density at radius 3 is 1.97 bits per heavy atom. The number of imide groups is 1. The van der Waals surface area contributed by atoms with Crippen molar-refractivity contribution in [1.82, 2.24) is 10.2 Å². The topological polar surface area (TPSA) is 66.5 Å². The number of fused-ring (bicyclic) bond motifs is 1. The molecule has 1 heterocycles. The molecule has 5 heteroatoms. The summed E-state index contributed by atoms with van der Waals surface area (Å²) < 4.78 is 0. The molecule has 1 atom stereocenters. The fourth-order valence-corrected chi connectivity index (χ4v) is 3.83. The van der Waals surface area contributed by atoms with Crippen LogP contribution in [0.3, 0.4) is 0 Å². The van der Waals surface area contributed by atoms with Crippen molar-refractivity contribution in [1.29, 1.82) is 0 Å². The van der Waals surface area contributed by atoms with Gasteiger partial charge in [0, 0.05) is 13.0 Å². The molecule has 1 N–H and O–H groups in total. The maximum absolute atomic E-state index is 12.4. The van der Waals surface area contributed by atoms with Crippen molar-refractivity contribution in [2.75, 3.05) is 6.54 Å². The predicted octanol–water partition coefficient (Wildman–Crippen LogP) is 4.61. The first-order chi connectivity index (χ1) is 15.0. The van der Waals surface area contributed by atoms with Crippen LogP contribution in [0, 0.1) is 0 Å². The number of carbonyl (C=O) groups excluding carboxylic acids is 3. The van der Waals surface area contributed by atoms with E-state index in [1.54, 1.807) is 24.3 Å². The van der Waals surface area contributed by atoms with Crippen LogP contribution in [0.4, 0.5) is 0 Å². The highest BCUT2D eigenvalue weighted by atomic mass is 16.2. The second kappa shape index (κ2) is 8.96. The number of hydrogen-bond donors (Lipinski definition) is 1. The van der Waals surface area contributed by atoms with E-state index in [2.05, 4.69) is 29.6 Å². The van der Waals surface area contributed by atoms with Crippen LogP contribution < -0.4 is 5.32 Å². The third-order valence-corrected chi connectivity index (χ3v) is 5.56. The number of carbonyl (C=O) groups is 3. The van der Waals surface area contributed by atoms with E-state index in [1.165, 1.54) is 4.90 Å². The van der Waals surface area contributed by atoms with Gasteiger partial charge >= 0.3 is 0 Å². The fraction of sp³-hybridized carbons (Fsp3) is 0.192. The zero-order valence-corrected chi connectivity index (χ0v) is 17.4. The van der Waals surface area contributed by atoms with E-state index in [0.29, 0.717) is 17.5 Å². The molecule has 3 aromatic rings. The molecule has 0 saturated heterocycles. The summed E-state index contributed by atoms with van der Waals surface area (Å²) in [4.78, 5) is 38.4. The number of rotatable bonds is 7. The Kier molecular flexibility index (Phi) is 5.94. The van der Waals surface area contributed by atoms with Crippen LogP contribution in [-0.2, 0) is 4.79 Å². The largest absolute Gasteiger partial charge is 0.350 e. The van der Waals surface area contributed by atoms with Crippen molar-refractivity contribution < 1.29 is 14.4 Å². The van der Waals surface area contributed by atoms with Crippen LogP contribution in [0.5, 0.6) is 0 Å². The second-order valence-electron chi connectivity index (χ2n) is 7.69. The summed E-state index contributed by atoms with van der Waals surface area (Å²) >= 11 is 0. The van der Waals surface area contributed by atoms with Gasteiger partial charge in [-0.2, -0.15) is 0 Å². The van der Waals surface area contributed by atoms with Gasteiger partial charge < -0.3 is 5.32 Å². The molecule has 0 spiro atoms. The predicted molar refractivity (Wildman–Crippen MR) is 119 cm³/mol. The molecule has 3 amide bonds. The molecule has 1 aliphatic rings. The van der Waals surface area contributed by atoms with Crippen molar-refractivity contribution >= 4 is 17.7 Å². The van der Waals surface area contributed by atoms with Gasteiger partial charge in [-0.05, 0) is 42.2 Å². The lowest BCUT2D eigenvalue weighted by molar-refractivity contribution is -0.121. The lowest BCUT2D eigenvalue weighted by Gasteiger charge is -2.16. The summed E-state index contributed by atoms with van der Waals surface area (Å²) in [5.41, 5.74) is 4.17. The van der Waals surface area contributed by atoms with Gasteiger partial charge in [-0.3, -0.25) is 19.3 Å². The molecular weight excluding hydrogens is 388 g/mol. The van der Waals surface area contributed by atoms with Crippen molar-refractivity contribution in [2.45, 2.75) is 25.8 Å². The molecule has 0 aliphatic carbocycles. The van der Waals surface area contributed by atoms with Gasteiger partial charge in [-0.15, -0.1) is 0 Å². The zero-order valence-electron chi connectivity index (χ0n) is 17.4. The van der Waals surface area contributed by atoms with Gasteiger partial charge in [0.2, 0.25) is 5.91 Å². The minimum absolute atomic E-state index is 0.101. The van der Waals surface area contributed by atoms with E-state index >= 15 is 0 Å². The molecule has 0 fully saturated rings. The number of benzene rings is 3. The monoisotopic (exact) mass is 412 g/mol. The third kappa shape index (κ3) is 4.40. The quantitative estimate of drug-likeness (QED) is 0.577. The summed E-state index contributed by atoms with van der Waals surface area (Å²) in [6, 6.07) is 25.0. The summed E-state index contributed by atoms with van der Waals surface area (Å²) in [6.45, 7) is 2.18. The van der Waals surface area contributed by atoms with Gasteiger partial charge in [0.15, 0.2) is 0 Å². The molecule has 1 aliphatic heterocycles. The molecule has 0 bridgehead atoms. The van der Waals surface area contributed by atoms with Crippen LogP contribution in [0.2, 0.25) is 0 Å². The normalized spacial score (nSPS) is 13.8. The molecule has 0 aromatic heterocycles. The Morgan fingerprint density at radius 2 is 1.35 bits per heavy atom. The highest BCUT2D eigenvalue weighted by molar-refractivity contribution is 6.21. The Balaban J connectivity index is 1.27. The Labute approximate surface area is 181 Å². The minimum Gasteiger partial charge on any atom is -0.350 e. The van der Waals surface area contributed by atoms with Crippen LogP contribution in [0.25, 0.3) is 11.1 Å². The highest BCUT2D eigenvalue weighted by Gasteiger charge is 2.34. The van der Waals surface area contributed by atoms with Crippen LogP contribution in [0.1, 0.15) is 52.1 Å². The van der Waals surface area contributed by atoms with Gasteiger partial charge in [-0.25, -0.2) is 0 Å². The zero-order chi connectivity index (χ0) is 21.8. The smallest absolute Gasteiger partial charge is 0.261 e. The van der Waals surface area contributed by atoms with Crippen LogP contribution in [0.15, 0.2) is 78.9 Å². The molecule has 1 unspecified atom stereocenters. The fourth-order valence-electron chi connectivity index (χ4n) is 3.83. The van der Waals surface area contributed by atoms with E-state index in [0.717, 1.165) is 16.7 Å². The van der Waals surface area contributed by atoms with E-state index in [9.17, 15) is 14.4 Å². The van der Waals surface area contributed by atoms with Crippen molar-refractivity contribution in [2.24, 2.45) is 0 Å². The van der Waals surface area contributed by atoms with E-state index in [-0.39, 0.29) is 36.7 Å². The highest BCUT2D eigenvalue weighted by Crippen LogP contribution is 2.23. The lowest BCUT2D eigenvalue weighted by Crippen LogP contribution is -2.32. The first-order valence-corrected chi connectivity index (χ1v) is 10.4. The molecule has 4 rings (SSSR count). The van der Waals surface area contributed by atoms with Crippen molar-refractivity contribution in [3.8, 4) is 11.1 Å². The Morgan fingerprint density at radius 1 is 0.806 bits per heavy atom. The molecule has 0 saturated carbocycles. The SMILES string of the molecule is CC(NC(=O)CCCN1C(=O)c2ccccc2C1=O)c1ccc(-c2ccccc2)cc1. The number of nitrogens with one attached hydrogen (secondary N) is 1. The molecule has 5 nitrogen and oxygen atoms in total. The lowest BCUT2D eigenvalue weighted by atomic mass is 10.0. The van der Waals surface area contributed by atoms with Crippen molar-refractivity contribution in [3.05, 3.63) is 95.6 Å². The van der Waals surface area contributed by atoms with Gasteiger partial charge in [0.25, 0.3) is 11.8 Å². The van der Waals surface area contributed by atoms with Crippen LogP contribution >= 0.6 is 0 Å². The Bertz CT molecular complexity index is 1070. The maximum Gasteiger partial charge on any atom is 0.261 e. The van der Waals surface area contributed by atoms with E-state index < -0.39 is 0 Å². The molecule has 3 aromatic carbocycles. The minimum atomic E-state index is -0.284. The summed E-state index contributed by atoms with van der Waals surface area (Å²) in [7, 11) is 0. The van der Waals surface area contributed by atoms with Crippen LogP contribution in [-0.4, -0.2) is 29.2 Å². The number of amides is 3. The summed E-state index contributed by atoms with van der Waals surface area (Å²) in [6.07, 6.45) is 0.677. The molecule has 31 heavy (non-hydrogen) atoms.